The third-order valence-corrected chi connectivity index (χ3v) is 12.2. The molecule has 0 aliphatic carbocycles. The zero-order chi connectivity index (χ0) is 43.7. The topological polar surface area (TPSA) is 95.9 Å². The molecule has 0 aliphatic heterocycles. The number of nitrogens with one attached hydrogen (secondary N) is 1. The second-order valence-corrected chi connectivity index (χ2v) is 18.2. The highest BCUT2D eigenvalue weighted by molar-refractivity contribution is 5.76. The van der Waals surface area contributed by atoms with Crippen LogP contribution >= 0.6 is 0 Å². The quantitative estimate of drug-likeness (QED) is 0.0322. The predicted molar refractivity (Wildman–Crippen MR) is 260 cm³/mol. The van der Waals surface area contributed by atoms with E-state index in [2.05, 4.69) is 43.5 Å². The molecule has 0 bridgehead atoms. The van der Waals surface area contributed by atoms with Gasteiger partial charge >= 0.3 is 5.97 Å². The summed E-state index contributed by atoms with van der Waals surface area (Å²) in [6, 6.07) is -0.553. The van der Waals surface area contributed by atoms with Crippen LogP contribution in [-0.2, 0) is 14.3 Å². The molecule has 0 aliphatic rings. The van der Waals surface area contributed by atoms with E-state index in [0.717, 1.165) is 70.6 Å². The Morgan fingerprint density at radius 1 is 0.450 bits per heavy atom. The summed E-state index contributed by atoms with van der Waals surface area (Å²) in [6.45, 7) is 4.88. The summed E-state index contributed by atoms with van der Waals surface area (Å²) >= 11 is 0. The van der Waals surface area contributed by atoms with Gasteiger partial charge in [-0.25, -0.2) is 0 Å². The van der Waals surface area contributed by atoms with Gasteiger partial charge in [0, 0.05) is 12.8 Å². The average molecular weight is 846 g/mol. The molecule has 0 aromatic rings. The number of hydrogen-bond acceptors (Lipinski definition) is 5. The number of ether oxygens (including phenoxy) is 1. The molecule has 0 saturated heterocycles. The molecule has 6 heteroatoms. The molecule has 0 fully saturated rings. The summed E-state index contributed by atoms with van der Waals surface area (Å²) in [5, 5.41) is 23.3. The van der Waals surface area contributed by atoms with Gasteiger partial charge in [-0.1, -0.05) is 224 Å². The summed E-state index contributed by atoms with van der Waals surface area (Å²) < 4.78 is 5.43. The Labute approximate surface area is 373 Å². The van der Waals surface area contributed by atoms with Gasteiger partial charge in [0.1, 0.15) is 0 Å². The van der Waals surface area contributed by atoms with E-state index in [-0.39, 0.29) is 18.5 Å². The van der Waals surface area contributed by atoms with Crippen LogP contribution in [0.4, 0.5) is 0 Å². The minimum atomic E-state index is -0.674. The Hall–Kier alpha value is -1.66. The molecule has 0 heterocycles. The van der Waals surface area contributed by atoms with Crippen LogP contribution < -0.4 is 5.32 Å². The van der Waals surface area contributed by atoms with Crippen molar-refractivity contribution in [3.63, 3.8) is 0 Å². The van der Waals surface area contributed by atoms with E-state index in [0.29, 0.717) is 25.9 Å². The summed E-state index contributed by atoms with van der Waals surface area (Å²) in [7, 11) is 0. The molecule has 0 spiro atoms. The molecule has 6 nitrogen and oxygen atoms in total. The van der Waals surface area contributed by atoms with Gasteiger partial charge in [-0.05, 0) is 70.6 Å². The van der Waals surface area contributed by atoms with Crippen LogP contribution in [0.3, 0.4) is 0 Å². The number of aliphatic hydroxyl groups is 2. The molecule has 0 aromatic heterocycles. The first-order chi connectivity index (χ1) is 29.5. The van der Waals surface area contributed by atoms with Gasteiger partial charge in [0.15, 0.2) is 0 Å². The number of allylic oxidation sites excluding steroid dienone is 4. The molecule has 3 N–H and O–H groups in total. The van der Waals surface area contributed by atoms with Gasteiger partial charge in [-0.15, -0.1) is 0 Å². The van der Waals surface area contributed by atoms with E-state index < -0.39 is 12.1 Å². The number of aliphatic hydroxyl groups excluding tert-OH is 2. The van der Waals surface area contributed by atoms with Crippen LogP contribution in [0.25, 0.3) is 0 Å². The maximum absolute atomic E-state index is 12.5. The van der Waals surface area contributed by atoms with E-state index in [1.807, 2.05) is 0 Å². The predicted octanol–water partition coefficient (Wildman–Crippen LogP) is 15.9. The molecule has 2 unspecified atom stereocenters. The van der Waals surface area contributed by atoms with Crippen LogP contribution in [0.2, 0.25) is 0 Å². The lowest BCUT2D eigenvalue weighted by Gasteiger charge is -2.22. The minimum Gasteiger partial charge on any atom is -0.466 e. The van der Waals surface area contributed by atoms with Crippen LogP contribution in [0.15, 0.2) is 24.3 Å². The normalized spacial score (nSPS) is 12.8. The molecule has 0 rings (SSSR count). The highest BCUT2D eigenvalue weighted by atomic mass is 16.5. The van der Waals surface area contributed by atoms with E-state index in [9.17, 15) is 19.8 Å². The number of unbranched alkanes of at least 4 members (excludes halogenated alkanes) is 34. The number of carbonyl (C=O) groups is 2. The Bertz CT molecular complexity index is 935. The second-order valence-electron chi connectivity index (χ2n) is 18.2. The second kappa shape index (κ2) is 50.0. The van der Waals surface area contributed by atoms with Crippen molar-refractivity contribution < 1.29 is 24.5 Å². The van der Waals surface area contributed by atoms with E-state index in [4.69, 9.17) is 4.74 Å². The molecule has 0 saturated carbocycles. The van der Waals surface area contributed by atoms with Crippen LogP contribution in [0.1, 0.15) is 284 Å². The van der Waals surface area contributed by atoms with Crippen molar-refractivity contribution in [3.8, 4) is 0 Å². The third kappa shape index (κ3) is 45.9. The molecular formula is C54H103NO5. The van der Waals surface area contributed by atoms with E-state index in [1.165, 1.54) is 180 Å². The van der Waals surface area contributed by atoms with Crippen LogP contribution in [0, 0.1) is 0 Å². The Balaban J connectivity index is 3.49. The van der Waals surface area contributed by atoms with Crippen molar-refractivity contribution in [1.82, 2.24) is 5.32 Å². The molecule has 0 radical (unpaired) electrons. The zero-order valence-corrected chi connectivity index (χ0v) is 40.2. The Kier molecular flexibility index (Phi) is 48.6. The monoisotopic (exact) mass is 846 g/mol. The van der Waals surface area contributed by atoms with Gasteiger partial charge < -0.3 is 20.3 Å². The largest absolute Gasteiger partial charge is 0.466 e. The lowest BCUT2D eigenvalue weighted by atomic mass is 10.0. The highest BCUT2D eigenvalue weighted by Crippen LogP contribution is 2.16. The third-order valence-electron chi connectivity index (χ3n) is 12.2. The fraction of sp³-hybridized carbons (Fsp3) is 0.889. The Morgan fingerprint density at radius 3 is 1.23 bits per heavy atom. The van der Waals surface area contributed by atoms with E-state index >= 15 is 0 Å². The number of amides is 1. The lowest BCUT2D eigenvalue weighted by molar-refractivity contribution is -0.143. The summed E-state index contributed by atoms with van der Waals surface area (Å²) in [5.74, 6) is -0.0705. The fourth-order valence-corrected chi connectivity index (χ4v) is 8.08. The smallest absolute Gasteiger partial charge is 0.305 e. The van der Waals surface area contributed by atoms with Gasteiger partial charge in [-0.2, -0.15) is 0 Å². The first kappa shape index (κ1) is 58.3. The summed E-state index contributed by atoms with van der Waals surface area (Å²) in [4.78, 5) is 24.4. The fourth-order valence-electron chi connectivity index (χ4n) is 8.08. The van der Waals surface area contributed by atoms with Crippen LogP contribution in [0.5, 0.6) is 0 Å². The number of rotatable bonds is 49. The van der Waals surface area contributed by atoms with Gasteiger partial charge in [-0.3, -0.25) is 9.59 Å². The first-order valence-electron chi connectivity index (χ1n) is 26.6. The molecule has 0 aromatic carbocycles. The summed E-state index contributed by atoms with van der Waals surface area (Å²) in [5.41, 5.74) is 0. The van der Waals surface area contributed by atoms with Crippen molar-refractivity contribution in [2.24, 2.45) is 0 Å². The molecular weight excluding hydrogens is 743 g/mol. The van der Waals surface area contributed by atoms with E-state index in [1.54, 1.807) is 0 Å². The molecule has 2 atom stereocenters. The van der Waals surface area contributed by atoms with Gasteiger partial charge in [0.05, 0.1) is 25.4 Å². The van der Waals surface area contributed by atoms with Crippen molar-refractivity contribution in [2.45, 2.75) is 296 Å². The SMILES string of the molecule is CCCC/C=C\CCCCCCCC(=O)OCCCCCC/C=C\CCCCCCCCCC(=O)NC(CO)C(O)CCCCCCCCCCCCCCCCCCC. The lowest BCUT2D eigenvalue weighted by Crippen LogP contribution is -2.45. The average Bonchev–Trinajstić information content (AvgIpc) is 3.25. The maximum atomic E-state index is 12.5. The van der Waals surface area contributed by atoms with Gasteiger partial charge in [0.25, 0.3) is 0 Å². The first-order valence-corrected chi connectivity index (χ1v) is 26.6. The number of esters is 1. The van der Waals surface area contributed by atoms with Crippen molar-refractivity contribution >= 4 is 11.9 Å². The van der Waals surface area contributed by atoms with Gasteiger partial charge in [0.2, 0.25) is 5.91 Å². The summed E-state index contributed by atoms with van der Waals surface area (Å²) in [6.07, 6.45) is 58.6. The maximum Gasteiger partial charge on any atom is 0.305 e. The molecule has 354 valence electrons. The molecule has 1 amide bonds. The number of carbonyl (C=O) groups excluding carboxylic acids is 2. The van der Waals surface area contributed by atoms with Crippen molar-refractivity contribution in [1.29, 1.82) is 0 Å². The van der Waals surface area contributed by atoms with Crippen molar-refractivity contribution in [2.75, 3.05) is 13.2 Å². The van der Waals surface area contributed by atoms with Crippen LogP contribution in [-0.4, -0.2) is 47.4 Å². The zero-order valence-electron chi connectivity index (χ0n) is 40.2. The minimum absolute atomic E-state index is 0.0211. The molecule has 60 heavy (non-hydrogen) atoms. The Morgan fingerprint density at radius 2 is 0.800 bits per heavy atom. The highest BCUT2D eigenvalue weighted by Gasteiger charge is 2.20. The van der Waals surface area contributed by atoms with Crippen molar-refractivity contribution in [3.05, 3.63) is 24.3 Å². The standard InChI is InChI=1S/C54H103NO5/c1-3-5-7-9-11-13-15-16-17-18-20-23-27-30-34-38-42-46-52(57)51(50-56)55-53(58)47-43-39-35-31-28-24-21-19-22-25-29-33-37-41-45-49-60-54(59)48-44-40-36-32-26-14-12-10-8-6-4-2/h10,12,22,25,51-52,56-57H,3-9,11,13-21,23-24,26-50H2,1-2H3,(H,55,58)/b12-10-,25-22-. The number of hydrogen-bond donors (Lipinski definition) is 3.